The minimum Gasteiger partial charge on any atom is -0.481 e. The smallest absolute Gasteiger partial charge is 0.308 e. The Labute approximate surface area is 97.4 Å². The number of aliphatic carboxylic acids is 1. The third-order valence-electron chi connectivity index (χ3n) is 2.94. The quantitative estimate of drug-likeness (QED) is 0.700. The van der Waals surface area contributed by atoms with E-state index < -0.39 is 11.9 Å². The summed E-state index contributed by atoms with van der Waals surface area (Å²) >= 11 is 0. The molecule has 0 saturated carbocycles. The number of hydrogen-bond acceptors (Lipinski definition) is 2. The monoisotopic (exact) mass is 229 g/mol. The van der Waals surface area contributed by atoms with Gasteiger partial charge in [0.05, 0.1) is 5.92 Å². The Bertz CT molecular complexity index is 238. The molecule has 0 aliphatic heterocycles. The van der Waals surface area contributed by atoms with Gasteiger partial charge in [-0.3, -0.25) is 9.59 Å². The van der Waals surface area contributed by atoms with Gasteiger partial charge in [-0.05, 0) is 11.8 Å². The van der Waals surface area contributed by atoms with Crippen molar-refractivity contribution in [2.45, 2.75) is 40.5 Å². The van der Waals surface area contributed by atoms with Crippen molar-refractivity contribution in [3.63, 3.8) is 0 Å². The predicted octanol–water partition coefficient (Wildman–Crippen LogP) is 1.90. The minimum absolute atomic E-state index is 0.0475. The highest BCUT2D eigenvalue weighted by Gasteiger charge is 2.17. The molecule has 0 heterocycles. The zero-order chi connectivity index (χ0) is 12.7. The molecule has 4 nitrogen and oxygen atoms in total. The van der Waals surface area contributed by atoms with Crippen LogP contribution in [0.1, 0.15) is 40.5 Å². The highest BCUT2D eigenvalue weighted by molar-refractivity contribution is 5.77. The van der Waals surface area contributed by atoms with Gasteiger partial charge in [0.15, 0.2) is 0 Å². The van der Waals surface area contributed by atoms with Gasteiger partial charge < -0.3 is 10.4 Å². The van der Waals surface area contributed by atoms with E-state index in [-0.39, 0.29) is 12.5 Å². The molecule has 2 atom stereocenters. The lowest BCUT2D eigenvalue weighted by atomic mass is 9.90. The van der Waals surface area contributed by atoms with Crippen molar-refractivity contribution in [1.82, 2.24) is 5.32 Å². The van der Waals surface area contributed by atoms with Gasteiger partial charge in [0.25, 0.3) is 0 Å². The van der Waals surface area contributed by atoms with Crippen LogP contribution < -0.4 is 5.32 Å². The van der Waals surface area contributed by atoms with E-state index in [4.69, 9.17) is 5.11 Å². The lowest BCUT2D eigenvalue weighted by molar-refractivity contribution is -0.141. The summed E-state index contributed by atoms with van der Waals surface area (Å²) in [5, 5.41) is 11.3. The van der Waals surface area contributed by atoms with Crippen molar-refractivity contribution in [3.05, 3.63) is 0 Å². The van der Waals surface area contributed by atoms with E-state index in [2.05, 4.69) is 26.1 Å². The molecule has 16 heavy (non-hydrogen) atoms. The van der Waals surface area contributed by atoms with Gasteiger partial charge in [-0.1, -0.05) is 34.1 Å². The van der Waals surface area contributed by atoms with Crippen LogP contribution in [0.2, 0.25) is 0 Å². The van der Waals surface area contributed by atoms with E-state index in [9.17, 15) is 9.59 Å². The summed E-state index contributed by atoms with van der Waals surface area (Å²) in [7, 11) is 0. The fourth-order valence-corrected chi connectivity index (χ4v) is 1.52. The van der Waals surface area contributed by atoms with E-state index in [1.165, 1.54) is 0 Å². The second-order valence-electron chi connectivity index (χ2n) is 4.66. The zero-order valence-electron chi connectivity index (χ0n) is 10.6. The molecule has 0 aliphatic carbocycles. The van der Waals surface area contributed by atoms with Crippen LogP contribution in [0.5, 0.6) is 0 Å². The molecule has 0 rings (SSSR count). The van der Waals surface area contributed by atoms with Gasteiger partial charge in [0.1, 0.15) is 0 Å². The first-order chi connectivity index (χ1) is 7.38. The number of rotatable bonds is 7. The van der Waals surface area contributed by atoms with E-state index in [1.54, 1.807) is 6.92 Å². The van der Waals surface area contributed by atoms with Gasteiger partial charge >= 0.3 is 5.97 Å². The molecular formula is C12H23NO3. The van der Waals surface area contributed by atoms with Crippen molar-refractivity contribution in [3.8, 4) is 0 Å². The Balaban J connectivity index is 3.94. The van der Waals surface area contributed by atoms with Crippen molar-refractivity contribution >= 4 is 11.9 Å². The maximum atomic E-state index is 11.5. The molecule has 0 bridgehead atoms. The van der Waals surface area contributed by atoms with Crippen LogP contribution in [0.4, 0.5) is 0 Å². The predicted molar refractivity (Wildman–Crippen MR) is 63.0 cm³/mol. The SMILES string of the molecule is CCC(CC(=O)NCC(C)C(=O)O)C(C)C. The number of carbonyl (C=O) groups excluding carboxylic acids is 1. The van der Waals surface area contributed by atoms with Crippen molar-refractivity contribution < 1.29 is 14.7 Å². The van der Waals surface area contributed by atoms with Crippen molar-refractivity contribution in [1.29, 1.82) is 0 Å². The maximum Gasteiger partial charge on any atom is 0.308 e. The number of carboxylic acid groups (broad SMARTS) is 1. The Morgan fingerprint density at radius 1 is 1.25 bits per heavy atom. The number of amides is 1. The second kappa shape index (κ2) is 7.25. The number of nitrogens with one attached hydrogen (secondary N) is 1. The molecule has 0 aromatic heterocycles. The van der Waals surface area contributed by atoms with Crippen LogP contribution in [-0.4, -0.2) is 23.5 Å². The largest absolute Gasteiger partial charge is 0.481 e. The molecule has 0 saturated heterocycles. The van der Waals surface area contributed by atoms with Crippen LogP contribution in [0, 0.1) is 17.8 Å². The summed E-state index contributed by atoms with van der Waals surface area (Å²) < 4.78 is 0. The van der Waals surface area contributed by atoms with Crippen LogP contribution in [0.25, 0.3) is 0 Å². The van der Waals surface area contributed by atoms with Crippen LogP contribution in [0.3, 0.4) is 0 Å². The average molecular weight is 229 g/mol. The van der Waals surface area contributed by atoms with Gasteiger partial charge in [-0.2, -0.15) is 0 Å². The van der Waals surface area contributed by atoms with Crippen LogP contribution in [-0.2, 0) is 9.59 Å². The fourth-order valence-electron chi connectivity index (χ4n) is 1.52. The van der Waals surface area contributed by atoms with Crippen LogP contribution >= 0.6 is 0 Å². The number of carboxylic acids is 1. The van der Waals surface area contributed by atoms with Gasteiger partial charge in [-0.15, -0.1) is 0 Å². The molecule has 94 valence electrons. The molecule has 0 radical (unpaired) electrons. The topological polar surface area (TPSA) is 66.4 Å². The molecule has 0 aliphatic rings. The maximum absolute atomic E-state index is 11.5. The highest BCUT2D eigenvalue weighted by atomic mass is 16.4. The molecule has 4 heteroatoms. The first kappa shape index (κ1) is 14.9. The molecule has 1 amide bonds. The molecule has 0 fully saturated rings. The second-order valence-corrected chi connectivity index (χ2v) is 4.66. The first-order valence-corrected chi connectivity index (χ1v) is 5.87. The third kappa shape index (κ3) is 5.73. The van der Waals surface area contributed by atoms with Crippen molar-refractivity contribution in [2.75, 3.05) is 6.54 Å². The Morgan fingerprint density at radius 2 is 1.81 bits per heavy atom. The summed E-state index contributed by atoms with van der Waals surface area (Å²) in [5.74, 6) is -0.597. The number of hydrogen-bond donors (Lipinski definition) is 2. The van der Waals surface area contributed by atoms with Gasteiger partial charge in [-0.25, -0.2) is 0 Å². The third-order valence-corrected chi connectivity index (χ3v) is 2.94. The summed E-state index contributed by atoms with van der Waals surface area (Å²) in [4.78, 5) is 22.1. The van der Waals surface area contributed by atoms with E-state index in [0.717, 1.165) is 6.42 Å². The Kier molecular flexibility index (Phi) is 6.77. The lowest BCUT2D eigenvalue weighted by Gasteiger charge is -2.18. The summed E-state index contributed by atoms with van der Waals surface area (Å²) in [6.07, 6.45) is 1.46. The van der Waals surface area contributed by atoms with E-state index >= 15 is 0 Å². The van der Waals surface area contributed by atoms with Gasteiger partial charge in [0, 0.05) is 13.0 Å². The summed E-state index contributed by atoms with van der Waals surface area (Å²) in [5.41, 5.74) is 0. The highest BCUT2D eigenvalue weighted by Crippen LogP contribution is 2.18. The van der Waals surface area contributed by atoms with Gasteiger partial charge in [0.2, 0.25) is 5.91 Å². The molecule has 2 unspecified atom stereocenters. The standard InChI is InChI=1S/C12H23NO3/c1-5-10(8(2)3)6-11(14)13-7-9(4)12(15)16/h8-10H,5-7H2,1-4H3,(H,13,14)(H,15,16). The Hall–Kier alpha value is -1.06. The fraction of sp³-hybridized carbons (Fsp3) is 0.833. The molecular weight excluding hydrogens is 206 g/mol. The molecule has 0 aromatic carbocycles. The molecule has 2 N–H and O–H groups in total. The number of carbonyl (C=O) groups is 2. The van der Waals surface area contributed by atoms with Crippen LogP contribution in [0.15, 0.2) is 0 Å². The normalized spacial score (nSPS) is 14.6. The lowest BCUT2D eigenvalue weighted by Crippen LogP contribution is -2.33. The van der Waals surface area contributed by atoms with E-state index in [1.807, 2.05) is 0 Å². The van der Waals surface area contributed by atoms with Crippen molar-refractivity contribution in [2.24, 2.45) is 17.8 Å². The average Bonchev–Trinajstić information content (AvgIpc) is 2.21. The summed E-state index contributed by atoms with van der Waals surface area (Å²) in [6.45, 7) is 8.06. The zero-order valence-corrected chi connectivity index (χ0v) is 10.6. The van der Waals surface area contributed by atoms with E-state index in [0.29, 0.717) is 18.3 Å². The molecule has 0 spiro atoms. The first-order valence-electron chi connectivity index (χ1n) is 5.87. The Morgan fingerprint density at radius 3 is 2.19 bits per heavy atom. The molecule has 0 aromatic rings. The summed E-state index contributed by atoms with van der Waals surface area (Å²) in [6, 6.07) is 0. The minimum atomic E-state index is -0.879.